The highest BCUT2D eigenvalue weighted by molar-refractivity contribution is 7.93. The van der Waals surface area contributed by atoms with E-state index in [1.165, 1.54) is 11.3 Å². The van der Waals surface area contributed by atoms with Crippen molar-refractivity contribution < 1.29 is 8.42 Å². The van der Waals surface area contributed by atoms with E-state index >= 15 is 0 Å². The van der Waals surface area contributed by atoms with Crippen LogP contribution in [0.3, 0.4) is 0 Å². The Hall–Kier alpha value is -1.41. The summed E-state index contributed by atoms with van der Waals surface area (Å²) in [5, 5.41) is 1.43. The summed E-state index contributed by atoms with van der Waals surface area (Å²) in [6.45, 7) is 7.60. The monoisotopic (exact) mass is 412 g/mol. The van der Waals surface area contributed by atoms with Crippen LogP contribution in [0.5, 0.6) is 0 Å². The van der Waals surface area contributed by atoms with Gasteiger partial charge in [-0.3, -0.25) is 4.72 Å². The molecule has 3 aromatic rings. The average Bonchev–Trinajstić information content (AvgIpc) is 3.06. The minimum atomic E-state index is -3.68. The van der Waals surface area contributed by atoms with Crippen molar-refractivity contribution in [3.8, 4) is 9.88 Å². The molecule has 0 unspecified atom stereocenters. The van der Waals surface area contributed by atoms with Gasteiger partial charge in [0.05, 0.1) is 16.3 Å². The van der Waals surface area contributed by atoms with Crippen LogP contribution in [-0.4, -0.2) is 13.4 Å². The Kier molecular flexibility index (Phi) is 4.94. The van der Waals surface area contributed by atoms with Crippen LogP contribution in [0, 0.1) is 27.7 Å². The van der Waals surface area contributed by atoms with E-state index in [-0.39, 0.29) is 4.90 Å². The fourth-order valence-corrected chi connectivity index (χ4v) is 6.27. The van der Waals surface area contributed by atoms with Crippen molar-refractivity contribution >= 4 is 50.0 Å². The van der Waals surface area contributed by atoms with E-state index in [0.717, 1.165) is 30.9 Å². The molecule has 0 aliphatic heterocycles. The molecule has 2 heterocycles. The number of aromatic nitrogens is 1. The van der Waals surface area contributed by atoms with Crippen molar-refractivity contribution in [1.29, 1.82) is 0 Å². The number of nitrogens with zero attached hydrogens (tertiary/aromatic N) is 1. The van der Waals surface area contributed by atoms with Gasteiger partial charge < -0.3 is 0 Å². The average molecular weight is 413 g/mol. The Balaban J connectivity index is 1.97. The van der Waals surface area contributed by atoms with Gasteiger partial charge in [0, 0.05) is 14.8 Å². The third-order valence-electron chi connectivity index (χ3n) is 3.83. The summed E-state index contributed by atoms with van der Waals surface area (Å²) in [4.78, 5) is 7.55. The van der Waals surface area contributed by atoms with Gasteiger partial charge in [-0.15, -0.1) is 22.7 Å². The van der Waals surface area contributed by atoms with Crippen LogP contribution in [0.1, 0.15) is 21.0 Å². The number of thiazole rings is 1. The maximum atomic E-state index is 12.8. The second-order valence-corrected chi connectivity index (χ2v) is 10.3. The maximum absolute atomic E-state index is 12.8. The molecule has 1 aromatic carbocycles. The molecule has 0 fully saturated rings. The van der Waals surface area contributed by atoms with Gasteiger partial charge in [0.2, 0.25) is 0 Å². The number of aryl methyl sites for hydroxylation is 4. The molecular formula is C17H17ClN2O2S3. The largest absolute Gasteiger partial charge is 0.279 e. The molecule has 0 radical (unpaired) electrons. The zero-order valence-electron chi connectivity index (χ0n) is 14.2. The number of rotatable bonds is 4. The second-order valence-electron chi connectivity index (χ2n) is 5.76. The topological polar surface area (TPSA) is 59.1 Å². The number of thiophene rings is 1. The highest BCUT2D eigenvalue weighted by Crippen LogP contribution is 2.37. The molecule has 3 rings (SSSR count). The van der Waals surface area contributed by atoms with Crippen LogP contribution in [0.4, 0.5) is 5.69 Å². The Morgan fingerprint density at radius 3 is 2.36 bits per heavy atom. The molecule has 0 saturated heterocycles. The number of halogens is 1. The van der Waals surface area contributed by atoms with Crippen LogP contribution in [0.15, 0.2) is 29.2 Å². The van der Waals surface area contributed by atoms with Gasteiger partial charge in [-0.2, -0.15) is 0 Å². The summed E-state index contributed by atoms with van der Waals surface area (Å²) < 4.78 is 28.3. The predicted molar refractivity (Wildman–Crippen MR) is 107 cm³/mol. The van der Waals surface area contributed by atoms with E-state index in [4.69, 9.17) is 11.6 Å². The minimum absolute atomic E-state index is 0.285. The molecule has 1 N–H and O–H groups in total. The summed E-state index contributed by atoms with van der Waals surface area (Å²) in [5.74, 6) is 0. The zero-order valence-corrected chi connectivity index (χ0v) is 17.4. The molecule has 0 amide bonds. The first-order valence-electron chi connectivity index (χ1n) is 7.51. The Labute approximate surface area is 160 Å². The lowest BCUT2D eigenvalue weighted by Gasteiger charge is -2.10. The van der Waals surface area contributed by atoms with Crippen molar-refractivity contribution in [2.45, 2.75) is 32.6 Å². The molecule has 8 heteroatoms. The summed E-state index contributed by atoms with van der Waals surface area (Å²) >= 11 is 8.95. The van der Waals surface area contributed by atoms with E-state index < -0.39 is 10.0 Å². The molecule has 0 aliphatic rings. The van der Waals surface area contributed by atoms with Crippen LogP contribution in [0.2, 0.25) is 5.02 Å². The lowest BCUT2D eigenvalue weighted by Crippen LogP contribution is -2.13. The molecule has 0 saturated carbocycles. The number of hydrogen-bond donors (Lipinski definition) is 1. The first-order valence-corrected chi connectivity index (χ1v) is 11.0. The normalized spacial score (nSPS) is 11.7. The van der Waals surface area contributed by atoms with Crippen molar-refractivity contribution in [3.05, 3.63) is 50.3 Å². The Morgan fingerprint density at radius 1 is 1.04 bits per heavy atom. The van der Waals surface area contributed by atoms with Gasteiger partial charge >= 0.3 is 0 Å². The van der Waals surface area contributed by atoms with Crippen molar-refractivity contribution in [2.24, 2.45) is 0 Å². The first-order chi connectivity index (χ1) is 11.7. The lowest BCUT2D eigenvalue weighted by atomic mass is 10.2. The van der Waals surface area contributed by atoms with Gasteiger partial charge in [0.15, 0.2) is 0 Å². The number of hydrogen-bond acceptors (Lipinski definition) is 5. The summed E-state index contributed by atoms with van der Waals surface area (Å²) in [6.07, 6.45) is 0. The third-order valence-corrected chi connectivity index (χ3v) is 7.98. The molecule has 0 bridgehead atoms. The first kappa shape index (κ1) is 18.4. The molecule has 0 spiro atoms. The van der Waals surface area contributed by atoms with E-state index in [2.05, 4.69) is 9.71 Å². The quantitative estimate of drug-likeness (QED) is 0.610. The van der Waals surface area contributed by atoms with E-state index in [9.17, 15) is 8.42 Å². The maximum Gasteiger partial charge on any atom is 0.263 e. The fourth-order valence-electron chi connectivity index (χ4n) is 2.36. The van der Waals surface area contributed by atoms with Crippen LogP contribution in [0.25, 0.3) is 9.88 Å². The van der Waals surface area contributed by atoms with Gasteiger partial charge in [0.1, 0.15) is 9.90 Å². The zero-order chi connectivity index (χ0) is 18.4. The molecule has 2 aromatic heterocycles. The van der Waals surface area contributed by atoms with Crippen LogP contribution in [-0.2, 0) is 10.0 Å². The molecule has 4 nitrogen and oxygen atoms in total. The van der Waals surface area contributed by atoms with Crippen molar-refractivity contribution in [1.82, 2.24) is 4.98 Å². The summed E-state index contributed by atoms with van der Waals surface area (Å²) in [7, 11) is -3.68. The predicted octanol–water partition coefficient (Wildman–Crippen LogP) is 5.56. The number of sulfonamides is 1. The highest BCUT2D eigenvalue weighted by Gasteiger charge is 2.22. The van der Waals surface area contributed by atoms with Gasteiger partial charge in [-0.05, 0) is 57.5 Å². The van der Waals surface area contributed by atoms with Crippen molar-refractivity contribution in [2.75, 3.05) is 4.72 Å². The molecule has 25 heavy (non-hydrogen) atoms. The molecule has 132 valence electrons. The number of anilines is 1. The molecular weight excluding hydrogens is 396 g/mol. The minimum Gasteiger partial charge on any atom is -0.279 e. The van der Waals surface area contributed by atoms with Gasteiger partial charge in [-0.1, -0.05) is 11.6 Å². The third kappa shape index (κ3) is 3.74. The molecule has 0 atom stereocenters. The second kappa shape index (κ2) is 6.72. The highest BCUT2D eigenvalue weighted by atomic mass is 35.5. The van der Waals surface area contributed by atoms with Crippen LogP contribution >= 0.6 is 34.3 Å². The smallest absolute Gasteiger partial charge is 0.263 e. The Morgan fingerprint density at radius 2 is 1.76 bits per heavy atom. The van der Waals surface area contributed by atoms with Crippen molar-refractivity contribution in [3.63, 3.8) is 0 Å². The standard InChI is InChI=1S/C17H17ClN2O2S3/c1-9-7-13(18)5-6-14(9)20-25(21,22)16-8-15(23-12(16)4)17-19-10(2)11(3)24-17/h5-8,20H,1-4H3. The van der Waals surface area contributed by atoms with E-state index in [1.54, 1.807) is 35.6 Å². The van der Waals surface area contributed by atoms with Gasteiger partial charge in [0.25, 0.3) is 10.0 Å². The Bertz CT molecular complexity index is 1030. The summed E-state index contributed by atoms with van der Waals surface area (Å²) in [6, 6.07) is 6.77. The van der Waals surface area contributed by atoms with Crippen LogP contribution < -0.4 is 4.72 Å². The van der Waals surface area contributed by atoms with Gasteiger partial charge in [-0.25, -0.2) is 13.4 Å². The van der Waals surface area contributed by atoms with E-state index in [0.29, 0.717) is 10.7 Å². The number of nitrogens with one attached hydrogen (secondary N) is 1. The molecule has 0 aliphatic carbocycles. The fraction of sp³-hybridized carbons (Fsp3) is 0.235. The lowest BCUT2D eigenvalue weighted by molar-refractivity contribution is 0.601. The van der Waals surface area contributed by atoms with E-state index in [1.807, 2.05) is 27.7 Å². The SMILES string of the molecule is Cc1cc(Cl)ccc1NS(=O)(=O)c1cc(-c2nc(C)c(C)s2)sc1C. The summed E-state index contributed by atoms with van der Waals surface area (Å²) in [5.41, 5.74) is 2.28. The number of benzene rings is 1.